The molecule has 0 radical (unpaired) electrons. The van der Waals surface area contributed by atoms with Crippen molar-refractivity contribution in [3.05, 3.63) is 0 Å². The maximum atomic E-state index is 11.2. The second-order valence-electron chi connectivity index (χ2n) is 7.34. The molecule has 1 heterocycles. The number of aliphatic carboxylic acids is 1. The third-order valence-corrected chi connectivity index (χ3v) is 4.75. The molecule has 0 saturated carbocycles. The number of hydrogen-bond donors (Lipinski definition) is 2. The van der Waals surface area contributed by atoms with Crippen molar-refractivity contribution in [2.75, 3.05) is 39.8 Å². The Balaban J connectivity index is 2.22. The van der Waals surface area contributed by atoms with Crippen LogP contribution in [0.4, 0.5) is 0 Å². The van der Waals surface area contributed by atoms with Gasteiger partial charge >= 0.3 is 5.97 Å². The van der Waals surface area contributed by atoms with E-state index in [0.717, 1.165) is 45.6 Å². The minimum atomic E-state index is -0.787. The molecular formula is C16H33N3O2. The second kappa shape index (κ2) is 7.56. The van der Waals surface area contributed by atoms with Crippen molar-refractivity contribution in [2.45, 2.75) is 58.0 Å². The van der Waals surface area contributed by atoms with Crippen molar-refractivity contribution in [3.63, 3.8) is 0 Å². The zero-order valence-corrected chi connectivity index (χ0v) is 14.4. The van der Waals surface area contributed by atoms with E-state index in [0.29, 0.717) is 6.42 Å². The van der Waals surface area contributed by atoms with Crippen LogP contribution in [-0.2, 0) is 4.79 Å². The summed E-state index contributed by atoms with van der Waals surface area (Å²) in [6, 6.07) is 0. The number of carbonyl (C=O) groups is 1. The maximum Gasteiger partial charge on any atom is 0.323 e. The van der Waals surface area contributed by atoms with E-state index < -0.39 is 11.5 Å². The van der Waals surface area contributed by atoms with Gasteiger partial charge < -0.3 is 15.3 Å². The zero-order chi connectivity index (χ0) is 16.1. The Labute approximate surface area is 129 Å². The number of nitrogens with zero attached hydrogens (tertiary/aromatic N) is 2. The van der Waals surface area contributed by atoms with E-state index in [1.54, 1.807) is 14.0 Å². The van der Waals surface area contributed by atoms with Crippen LogP contribution in [0.3, 0.4) is 0 Å². The van der Waals surface area contributed by atoms with E-state index in [-0.39, 0.29) is 5.54 Å². The summed E-state index contributed by atoms with van der Waals surface area (Å²) in [7, 11) is 1.72. The lowest BCUT2D eigenvalue weighted by Crippen LogP contribution is -2.53. The Kier molecular flexibility index (Phi) is 6.63. The van der Waals surface area contributed by atoms with Crippen molar-refractivity contribution >= 4 is 5.97 Å². The molecule has 2 N–H and O–H groups in total. The number of hydrogen-bond acceptors (Lipinski definition) is 4. The van der Waals surface area contributed by atoms with Gasteiger partial charge in [-0.25, -0.2) is 0 Å². The lowest BCUT2D eigenvalue weighted by atomic mass is 9.95. The monoisotopic (exact) mass is 299 g/mol. The summed E-state index contributed by atoms with van der Waals surface area (Å²) in [5.41, 5.74) is -0.521. The zero-order valence-electron chi connectivity index (χ0n) is 14.4. The summed E-state index contributed by atoms with van der Waals surface area (Å²) >= 11 is 0. The van der Waals surface area contributed by atoms with Crippen LogP contribution in [-0.4, -0.2) is 71.7 Å². The van der Waals surface area contributed by atoms with E-state index in [4.69, 9.17) is 0 Å². The fraction of sp³-hybridized carbons (Fsp3) is 0.938. The molecule has 21 heavy (non-hydrogen) atoms. The SMILES string of the molecule is CNC(C)(CCCCN1CCN(C(C)(C)C)CC1)C(=O)O. The van der Waals surface area contributed by atoms with Crippen molar-refractivity contribution < 1.29 is 9.90 Å². The van der Waals surface area contributed by atoms with Gasteiger partial charge in [0.2, 0.25) is 0 Å². The summed E-state index contributed by atoms with van der Waals surface area (Å²) < 4.78 is 0. The number of unbranched alkanes of at least 4 members (excludes halogenated alkanes) is 1. The van der Waals surface area contributed by atoms with E-state index >= 15 is 0 Å². The number of carboxylic acids is 1. The van der Waals surface area contributed by atoms with Crippen LogP contribution in [0.15, 0.2) is 0 Å². The summed E-state index contributed by atoms with van der Waals surface area (Å²) in [5, 5.41) is 12.1. The highest BCUT2D eigenvalue weighted by Gasteiger charge is 2.30. The molecule has 0 bridgehead atoms. The summed E-state index contributed by atoms with van der Waals surface area (Å²) in [6.07, 6.45) is 2.70. The van der Waals surface area contributed by atoms with E-state index in [2.05, 4.69) is 35.9 Å². The molecule has 1 atom stereocenters. The highest BCUT2D eigenvalue weighted by molar-refractivity contribution is 5.78. The van der Waals surface area contributed by atoms with Gasteiger partial charge in [-0.1, -0.05) is 0 Å². The first kappa shape index (κ1) is 18.4. The quantitative estimate of drug-likeness (QED) is 0.700. The molecule has 1 aliphatic heterocycles. The van der Waals surface area contributed by atoms with Gasteiger partial charge in [-0.3, -0.25) is 9.69 Å². The average Bonchev–Trinajstić information content (AvgIpc) is 2.42. The molecule has 124 valence electrons. The van der Waals surface area contributed by atoms with Gasteiger partial charge in [0.15, 0.2) is 0 Å². The highest BCUT2D eigenvalue weighted by atomic mass is 16.4. The standard InChI is InChI=1S/C16H33N3O2/c1-15(2,3)19-12-10-18(11-13-19)9-7-6-8-16(4,17-5)14(20)21/h17H,6-13H2,1-5H3,(H,20,21). The van der Waals surface area contributed by atoms with Crippen LogP contribution in [0.5, 0.6) is 0 Å². The first-order chi connectivity index (χ1) is 9.69. The minimum Gasteiger partial charge on any atom is -0.480 e. The van der Waals surface area contributed by atoms with Crippen LogP contribution < -0.4 is 5.32 Å². The largest absolute Gasteiger partial charge is 0.480 e. The van der Waals surface area contributed by atoms with Gasteiger partial charge in [0.1, 0.15) is 5.54 Å². The molecule has 0 aromatic rings. The molecule has 1 unspecified atom stereocenters. The van der Waals surface area contributed by atoms with Crippen LogP contribution in [0.25, 0.3) is 0 Å². The molecular weight excluding hydrogens is 266 g/mol. The molecule has 0 amide bonds. The van der Waals surface area contributed by atoms with Crippen molar-refractivity contribution in [3.8, 4) is 0 Å². The second-order valence-corrected chi connectivity index (χ2v) is 7.34. The molecule has 5 heteroatoms. The molecule has 1 rings (SSSR count). The molecule has 0 spiro atoms. The minimum absolute atomic E-state index is 0.266. The number of nitrogens with one attached hydrogen (secondary N) is 1. The Hall–Kier alpha value is -0.650. The fourth-order valence-electron chi connectivity index (χ4n) is 2.80. The summed E-state index contributed by atoms with van der Waals surface area (Å²) in [5.74, 6) is -0.760. The first-order valence-corrected chi connectivity index (χ1v) is 8.09. The molecule has 5 nitrogen and oxygen atoms in total. The molecule has 0 aromatic heterocycles. The van der Waals surface area contributed by atoms with E-state index in [1.807, 2.05) is 0 Å². The lowest BCUT2D eigenvalue weighted by molar-refractivity contribution is -0.144. The Morgan fingerprint density at radius 1 is 1.10 bits per heavy atom. The van der Waals surface area contributed by atoms with Gasteiger partial charge in [0.25, 0.3) is 0 Å². The Morgan fingerprint density at radius 2 is 1.67 bits per heavy atom. The van der Waals surface area contributed by atoms with Crippen molar-refractivity contribution in [1.82, 2.24) is 15.1 Å². The van der Waals surface area contributed by atoms with Crippen LogP contribution in [0, 0.1) is 0 Å². The highest BCUT2D eigenvalue weighted by Crippen LogP contribution is 2.17. The Bertz CT molecular complexity index is 333. The van der Waals surface area contributed by atoms with Crippen LogP contribution in [0.2, 0.25) is 0 Å². The van der Waals surface area contributed by atoms with Crippen LogP contribution >= 0.6 is 0 Å². The van der Waals surface area contributed by atoms with Gasteiger partial charge in [0.05, 0.1) is 0 Å². The van der Waals surface area contributed by atoms with Crippen molar-refractivity contribution in [1.29, 1.82) is 0 Å². The number of likely N-dealkylation sites (N-methyl/N-ethyl adjacent to an activating group) is 1. The molecule has 0 aliphatic carbocycles. The molecule has 1 saturated heterocycles. The predicted molar refractivity (Wildman–Crippen MR) is 86.7 cm³/mol. The predicted octanol–water partition coefficient (Wildman–Crippen LogP) is 1.64. The fourth-order valence-corrected chi connectivity index (χ4v) is 2.80. The summed E-state index contributed by atoms with van der Waals surface area (Å²) in [6.45, 7) is 14.2. The van der Waals surface area contributed by atoms with Gasteiger partial charge in [-0.15, -0.1) is 0 Å². The third kappa shape index (κ3) is 5.57. The van der Waals surface area contributed by atoms with E-state index in [1.165, 1.54) is 0 Å². The first-order valence-electron chi connectivity index (χ1n) is 8.09. The maximum absolute atomic E-state index is 11.2. The summed E-state index contributed by atoms with van der Waals surface area (Å²) in [4.78, 5) is 16.2. The smallest absolute Gasteiger partial charge is 0.323 e. The van der Waals surface area contributed by atoms with E-state index in [9.17, 15) is 9.90 Å². The van der Waals surface area contributed by atoms with Crippen LogP contribution in [0.1, 0.15) is 47.0 Å². The number of rotatable bonds is 7. The molecule has 0 aromatic carbocycles. The molecule has 1 aliphatic rings. The average molecular weight is 299 g/mol. The normalized spacial score (nSPS) is 21.2. The molecule has 1 fully saturated rings. The topological polar surface area (TPSA) is 55.8 Å². The number of carboxylic acid groups (broad SMARTS) is 1. The third-order valence-electron chi connectivity index (χ3n) is 4.75. The lowest BCUT2D eigenvalue weighted by Gasteiger charge is -2.42. The van der Waals surface area contributed by atoms with Gasteiger partial charge in [0, 0.05) is 31.7 Å². The van der Waals surface area contributed by atoms with Gasteiger partial charge in [-0.2, -0.15) is 0 Å². The van der Waals surface area contributed by atoms with Gasteiger partial charge in [-0.05, 0) is 60.5 Å². The Morgan fingerprint density at radius 3 is 2.10 bits per heavy atom. The number of piperazine rings is 1. The van der Waals surface area contributed by atoms with Crippen molar-refractivity contribution in [2.24, 2.45) is 0 Å².